The Hall–Kier alpha value is -0.810. The van der Waals surface area contributed by atoms with Crippen molar-refractivity contribution in [1.82, 2.24) is 5.32 Å². The summed E-state index contributed by atoms with van der Waals surface area (Å²) in [5.74, 6) is 0.262. The Morgan fingerprint density at radius 3 is 2.87 bits per heavy atom. The Morgan fingerprint density at radius 1 is 1.67 bits per heavy atom. The average Bonchev–Trinajstić information content (AvgIpc) is 2.72. The van der Waals surface area contributed by atoms with Crippen LogP contribution in [0, 0.1) is 0 Å². The van der Waals surface area contributed by atoms with Crippen LogP contribution in [0.15, 0.2) is 5.16 Å². The van der Waals surface area contributed by atoms with Crippen LogP contribution in [0.5, 0.6) is 0 Å². The third-order valence-electron chi connectivity index (χ3n) is 3.04. The fourth-order valence-electron chi connectivity index (χ4n) is 2.07. The molecule has 0 amide bonds. The molecule has 0 aromatic carbocycles. The van der Waals surface area contributed by atoms with Crippen molar-refractivity contribution in [2.45, 2.75) is 50.8 Å². The second-order valence-electron chi connectivity index (χ2n) is 4.02. The van der Waals surface area contributed by atoms with E-state index in [2.05, 4.69) is 10.5 Å². The number of methoxy groups -OCH3 is 1. The van der Waals surface area contributed by atoms with E-state index in [1.807, 2.05) is 6.92 Å². The molecular formula is C10H21N3O2. The number of oxime groups is 1. The minimum absolute atomic E-state index is 0.0318. The largest absolute Gasteiger partial charge is 0.409 e. The van der Waals surface area contributed by atoms with E-state index in [1.54, 1.807) is 7.11 Å². The van der Waals surface area contributed by atoms with Crippen LogP contribution in [-0.2, 0) is 4.74 Å². The number of nitrogens with one attached hydrogen (secondary N) is 1. The smallest absolute Gasteiger partial charge is 0.156 e. The maximum absolute atomic E-state index is 8.61. The molecule has 0 heterocycles. The third kappa shape index (κ3) is 3.35. The molecule has 15 heavy (non-hydrogen) atoms. The van der Waals surface area contributed by atoms with Gasteiger partial charge in [0.2, 0.25) is 0 Å². The van der Waals surface area contributed by atoms with Crippen molar-refractivity contribution in [2.75, 3.05) is 7.11 Å². The maximum Gasteiger partial charge on any atom is 0.156 e. The van der Waals surface area contributed by atoms with E-state index >= 15 is 0 Å². The maximum atomic E-state index is 8.61. The highest BCUT2D eigenvalue weighted by atomic mass is 16.5. The van der Waals surface area contributed by atoms with Crippen molar-refractivity contribution in [3.63, 3.8) is 0 Å². The first-order valence-corrected chi connectivity index (χ1v) is 5.47. The number of ether oxygens (including phenoxy) is 1. The van der Waals surface area contributed by atoms with Crippen molar-refractivity contribution >= 4 is 5.84 Å². The standard InChI is InChI=1S/C10H21N3O2/c1-3-9(10(11)13-14)12-7-4-5-8(6-7)15-2/h7-9,12,14H,3-6H2,1-2H3,(H2,11,13). The first-order valence-electron chi connectivity index (χ1n) is 5.47. The summed E-state index contributed by atoms with van der Waals surface area (Å²) in [6.45, 7) is 2.01. The van der Waals surface area contributed by atoms with Crippen LogP contribution < -0.4 is 11.1 Å². The van der Waals surface area contributed by atoms with Gasteiger partial charge in [-0.1, -0.05) is 12.1 Å². The molecule has 0 aromatic rings. The molecule has 4 N–H and O–H groups in total. The molecule has 0 spiro atoms. The number of hydrogen-bond donors (Lipinski definition) is 3. The lowest BCUT2D eigenvalue weighted by atomic mass is 10.1. The van der Waals surface area contributed by atoms with Gasteiger partial charge in [0.05, 0.1) is 12.1 Å². The Labute approximate surface area is 90.7 Å². The topological polar surface area (TPSA) is 79.9 Å². The van der Waals surface area contributed by atoms with E-state index in [0.29, 0.717) is 12.1 Å². The molecule has 1 rings (SSSR count). The molecule has 5 heteroatoms. The number of nitrogens with two attached hydrogens (primary N) is 1. The molecule has 3 unspecified atom stereocenters. The minimum atomic E-state index is -0.0318. The van der Waals surface area contributed by atoms with E-state index in [0.717, 1.165) is 25.7 Å². The number of rotatable bonds is 5. The molecule has 0 aromatic heterocycles. The zero-order valence-electron chi connectivity index (χ0n) is 9.44. The summed E-state index contributed by atoms with van der Waals surface area (Å²) in [6.07, 6.45) is 4.36. The molecule has 1 aliphatic carbocycles. The highest BCUT2D eigenvalue weighted by Crippen LogP contribution is 2.21. The molecule has 0 saturated heterocycles. The Kier molecular flexibility index (Phi) is 4.84. The van der Waals surface area contributed by atoms with Crippen molar-refractivity contribution in [3.8, 4) is 0 Å². The first-order chi connectivity index (χ1) is 7.21. The SMILES string of the molecule is CCC(NC1CCC(OC)C1)C(N)=NO. The van der Waals surface area contributed by atoms with Crippen molar-refractivity contribution < 1.29 is 9.94 Å². The van der Waals surface area contributed by atoms with E-state index in [-0.39, 0.29) is 11.9 Å². The van der Waals surface area contributed by atoms with E-state index in [9.17, 15) is 0 Å². The Bertz CT molecular complexity index is 221. The molecule has 0 radical (unpaired) electrons. The second-order valence-corrected chi connectivity index (χ2v) is 4.02. The molecule has 0 bridgehead atoms. The molecule has 5 nitrogen and oxygen atoms in total. The van der Waals surface area contributed by atoms with Crippen molar-refractivity contribution in [2.24, 2.45) is 10.9 Å². The van der Waals surface area contributed by atoms with Crippen LogP contribution in [0.2, 0.25) is 0 Å². The summed E-state index contributed by atoms with van der Waals surface area (Å²) in [4.78, 5) is 0. The highest BCUT2D eigenvalue weighted by Gasteiger charge is 2.26. The summed E-state index contributed by atoms with van der Waals surface area (Å²) in [6, 6.07) is 0.385. The minimum Gasteiger partial charge on any atom is -0.409 e. The quantitative estimate of drug-likeness (QED) is 0.272. The van der Waals surface area contributed by atoms with Gasteiger partial charge in [-0.25, -0.2) is 0 Å². The van der Waals surface area contributed by atoms with Crippen LogP contribution >= 0.6 is 0 Å². The van der Waals surface area contributed by atoms with Gasteiger partial charge in [-0.2, -0.15) is 0 Å². The number of nitrogens with zero attached hydrogens (tertiary/aromatic N) is 1. The summed E-state index contributed by atoms with van der Waals surface area (Å²) in [5.41, 5.74) is 5.58. The summed E-state index contributed by atoms with van der Waals surface area (Å²) in [5, 5.41) is 15.0. The van der Waals surface area contributed by atoms with Gasteiger partial charge in [-0.05, 0) is 25.7 Å². The van der Waals surface area contributed by atoms with E-state index in [4.69, 9.17) is 15.7 Å². The van der Waals surface area contributed by atoms with Crippen LogP contribution in [0.25, 0.3) is 0 Å². The molecule has 0 aliphatic heterocycles. The van der Waals surface area contributed by atoms with Gasteiger partial charge in [0.15, 0.2) is 5.84 Å². The summed E-state index contributed by atoms with van der Waals surface area (Å²) >= 11 is 0. The molecular weight excluding hydrogens is 194 g/mol. The van der Waals surface area contributed by atoms with Crippen molar-refractivity contribution in [1.29, 1.82) is 0 Å². The first kappa shape index (κ1) is 12.3. The molecule has 1 fully saturated rings. The van der Waals surface area contributed by atoms with E-state index in [1.165, 1.54) is 0 Å². The summed E-state index contributed by atoms with van der Waals surface area (Å²) < 4.78 is 5.29. The number of hydrogen-bond acceptors (Lipinski definition) is 4. The molecule has 1 saturated carbocycles. The van der Waals surface area contributed by atoms with Gasteiger partial charge in [-0.3, -0.25) is 0 Å². The lowest BCUT2D eigenvalue weighted by molar-refractivity contribution is 0.107. The highest BCUT2D eigenvalue weighted by molar-refractivity contribution is 5.85. The van der Waals surface area contributed by atoms with Crippen LogP contribution in [-0.4, -0.2) is 36.3 Å². The van der Waals surface area contributed by atoms with Gasteiger partial charge < -0.3 is 21.0 Å². The van der Waals surface area contributed by atoms with Crippen LogP contribution in [0.1, 0.15) is 32.6 Å². The fraction of sp³-hybridized carbons (Fsp3) is 0.900. The predicted molar refractivity (Wildman–Crippen MR) is 59.1 cm³/mol. The molecule has 88 valence electrons. The van der Waals surface area contributed by atoms with E-state index < -0.39 is 0 Å². The lowest BCUT2D eigenvalue weighted by Gasteiger charge is -2.20. The van der Waals surface area contributed by atoms with Gasteiger partial charge in [0, 0.05) is 13.2 Å². The normalized spacial score (nSPS) is 29.3. The van der Waals surface area contributed by atoms with Crippen LogP contribution in [0.3, 0.4) is 0 Å². The van der Waals surface area contributed by atoms with Crippen molar-refractivity contribution in [3.05, 3.63) is 0 Å². The zero-order chi connectivity index (χ0) is 11.3. The number of amidine groups is 1. The zero-order valence-corrected chi connectivity index (χ0v) is 9.44. The average molecular weight is 215 g/mol. The molecule has 1 aliphatic rings. The fourth-order valence-corrected chi connectivity index (χ4v) is 2.07. The third-order valence-corrected chi connectivity index (χ3v) is 3.04. The van der Waals surface area contributed by atoms with Gasteiger partial charge in [-0.15, -0.1) is 0 Å². The van der Waals surface area contributed by atoms with Gasteiger partial charge >= 0.3 is 0 Å². The lowest BCUT2D eigenvalue weighted by Crippen LogP contribution is -2.45. The molecule has 3 atom stereocenters. The summed E-state index contributed by atoms with van der Waals surface area (Å²) in [7, 11) is 1.74. The second kappa shape index (κ2) is 5.92. The predicted octanol–water partition coefficient (Wildman–Crippen LogP) is 0.668. The van der Waals surface area contributed by atoms with Gasteiger partial charge in [0.25, 0.3) is 0 Å². The monoisotopic (exact) mass is 215 g/mol. The Morgan fingerprint density at radius 2 is 2.40 bits per heavy atom. The Balaban J connectivity index is 2.40. The van der Waals surface area contributed by atoms with Crippen LogP contribution in [0.4, 0.5) is 0 Å². The van der Waals surface area contributed by atoms with Gasteiger partial charge in [0.1, 0.15) is 0 Å².